The molecule has 1 heterocycles. The zero-order valence-electron chi connectivity index (χ0n) is 27.5. The van der Waals surface area contributed by atoms with Crippen LogP contribution in [0.4, 0.5) is 4.79 Å². The highest BCUT2D eigenvalue weighted by Gasteiger charge is 2.60. The van der Waals surface area contributed by atoms with E-state index in [1.165, 1.54) is 30.6 Å². The van der Waals surface area contributed by atoms with E-state index >= 15 is 0 Å². The molecule has 38 heavy (non-hydrogen) atoms. The molecule has 0 radical (unpaired) electrons. The summed E-state index contributed by atoms with van der Waals surface area (Å²) in [4.78, 5) is 15.1. The smallest absolute Gasteiger partial charge is 0.412 e. The maximum Gasteiger partial charge on any atom is 0.412 e. The third kappa shape index (κ3) is 9.60. The summed E-state index contributed by atoms with van der Waals surface area (Å²) in [5.41, 5.74) is -2.14. The van der Waals surface area contributed by atoms with E-state index in [4.69, 9.17) is 13.6 Å². The lowest BCUT2D eigenvalue weighted by molar-refractivity contribution is -0.144. The summed E-state index contributed by atoms with van der Waals surface area (Å²) >= 11 is 0. The lowest BCUT2D eigenvalue weighted by Gasteiger charge is -2.46. The largest absolute Gasteiger partial charge is 0.444 e. The van der Waals surface area contributed by atoms with E-state index in [0.717, 1.165) is 19.3 Å². The molecule has 0 aromatic carbocycles. The summed E-state index contributed by atoms with van der Waals surface area (Å²) in [6.07, 6.45) is 6.88. The molecule has 0 aliphatic carbocycles. The topological polar surface area (TPSA) is 68.2 Å². The van der Waals surface area contributed by atoms with Crippen LogP contribution in [-0.4, -0.2) is 62.8 Å². The van der Waals surface area contributed by atoms with Gasteiger partial charge in [0.2, 0.25) is 0 Å². The van der Waals surface area contributed by atoms with Gasteiger partial charge in [-0.05, 0) is 69.9 Å². The van der Waals surface area contributed by atoms with Crippen molar-refractivity contribution in [3.8, 4) is 0 Å². The Morgan fingerprint density at radius 3 is 1.71 bits per heavy atom. The molecule has 1 rings (SSSR count). The van der Waals surface area contributed by atoms with Crippen LogP contribution >= 0.6 is 0 Å². The molecule has 0 aromatic heterocycles. The van der Waals surface area contributed by atoms with E-state index in [1.54, 1.807) is 0 Å². The maximum absolute atomic E-state index is 13.6. The van der Waals surface area contributed by atoms with Gasteiger partial charge >= 0.3 is 6.09 Å². The lowest BCUT2D eigenvalue weighted by Crippen LogP contribution is -2.59. The number of likely N-dealkylation sites (tertiary alicyclic amines) is 1. The second-order valence-electron chi connectivity index (χ2n) is 15.6. The van der Waals surface area contributed by atoms with Crippen molar-refractivity contribution in [1.29, 1.82) is 0 Å². The van der Waals surface area contributed by atoms with Crippen LogP contribution in [0.1, 0.15) is 121 Å². The minimum Gasteiger partial charge on any atom is -0.444 e. The first-order chi connectivity index (χ1) is 17.0. The van der Waals surface area contributed by atoms with Crippen LogP contribution in [0.25, 0.3) is 0 Å². The first kappa shape index (κ1) is 35.6. The van der Waals surface area contributed by atoms with Crippen LogP contribution in [0.15, 0.2) is 0 Å². The van der Waals surface area contributed by atoms with Crippen molar-refractivity contribution in [2.24, 2.45) is 0 Å². The monoisotopic (exact) mass is 573 g/mol. The number of carbonyl (C=O) groups excluding carboxylic acids is 1. The predicted molar refractivity (Wildman–Crippen MR) is 165 cm³/mol. The van der Waals surface area contributed by atoms with Gasteiger partial charge in [0.05, 0.1) is 12.6 Å². The Bertz CT molecular complexity index is 751. The fraction of sp³-hybridized carbons (Fsp3) is 0.967. The van der Waals surface area contributed by atoms with Crippen molar-refractivity contribution in [2.75, 3.05) is 6.54 Å². The van der Waals surface area contributed by atoms with E-state index in [0.29, 0.717) is 6.42 Å². The van der Waals surface area contributed by atoms with Crippen LogP contribution in [-0.2, 0) is 13.6 Å². The minimum absolute atomic E-state index is 0.00946. The molecular formula is C30H63NO5Si2. The van der Waals surface area contributed by atoms with E-state index in [-0.39, 0.29) is 16.6 Å². The molecule has 1 unspecified atom stereocenters. The van der Waals surface area contributed by atoms with Crippen molar-refractivity contribution in [1.82, 2.24) is 4.90 Å². The average molecular weight is 574 g/mol. The van der Waals surface area contributed by atoms with Crippen molar-refractivity contribution in [3.63, 3.8) is 0 Å². The van der Waals surface area contributed by atoms with Crippen molar-refractivity contribution < 1.29 is 23.5 Å². The molecule has 1 saturated heterocycles. The normalized spacial score (nSPS) is 23.7. The molecule has 0 aromatic rings. The molecule has 1 N–H and O–H groups in total. The number of carbonyl (C=O) groups is 1. The molecular weight excluding hydrogens is 511 g/mol. The third-order valence-electron chi connectivity index (χ3n) is 8.87. The van der Waals surface area contributed by atoms with Crippen molar-refractivity contribution in [2.45, 2.75) is 180 Å². The van der Waals surface area contributed by atoms with Crippen molar-refractivity contribution >= 4 is 22.7 Å². The Balaban J connectivity index is 3.43. The van der Waals surface area contributed by atoms with Gasteiger partial charge in [-0.15, -0.1) is 0 Å². The molecule has 226 valence electrons. The molecule has 1 fully saturated rings. The number of hydrogen-bond donors (Lipinski definition) is 1. The zero-order valence-corrected chi connectivity index (χ0v) is 29.5. The van der Waals surface area contributed by atoms with Gasteiger partial charge < -0.3 is 18.7 Å². The fourth-order valence-electron chi connectivity index (χ4n) is 4.37. The van der Waals surface area contributed by atoms with Crippen LogP contribution in [0.3, 0.4) is 0 Å². The number of amides is 1. The maximum atomic E-state index is 13.6. The van der Waals surface area contributed by atoms with Gasteiger partial charge in [0.25, 0.3) is 0 Å². The molecule has 0 bridgehead atoms. The highest BCUT2D eigenvalue weighted by Crippen LogP contribution is 2.46. The summed E-state index contributed by atoms with van der Waals surface area (Å²) in [6.45, 7) is 30.2. The third-order valence-corrected chi connectivity index (χ3v) is 17.8. The predicted octanol–water partition coefficient (Wildman–Crippen LogP) is 8.85. The summed E-state index contributed by atoms with van der Waals surface area (Å²) in [6, 6.07) is 0. The Hall–Kier alpha value is -0.416. The Morgan fingerprint density at radius 1 is 0.816 bits per heavy atom. The van der Waals surface area contributed by atoms with Gasteiger partial charge in [-0.3, -0.25) is 4.90 Å². The van der Waals surface area contributed by atoms with Gasteiger partial charge in [0.1, 0.15) is 11.7 Å². The van der Waals surface area contributed by atoms with Gasteiger partial charge in [-0.25, -0.2) is 4.79 Å². The zero-order chi connectivity index (χ0) is 29.8. The fourth-order valence-corrected chi connectivity index (χ4v) is 7.01. The Labute approximate surface area is 237 Å². The molecule has 8 heteroatoms. The van der Waals surface area contributed by atoms with Crippen molar-refractivity contribution in [3.05, 3.63) is 0 Å². The Morgan fingerprint density at radius 2 is 1.26 bits per heavy atom. The van der Waals surface area contributed by atoms with Gasteiger partial charge in [0, 0.05) is 0 Å². The van der Waals surface area contributed by atoms with Crippen LogP contribution in [0.5, 0.6) is 0 Å². The molecule has 3 atom stereocenters. The number of ether oxygens (including phenoxy) is 1. The quantitative estimate of drug-likeness (QED) is 0.186. The van der Waals surface area contributed by atoms with Crippen LogP contribution in [0.2, 0.25) is 36.3 Å². The second kappa shape index (κ2) is 13.0. The van der Waals surface area contributed by atoms with Gasteiger partial charge in [-0.2, -0.15) is 0 Å². The van der Waals surface area contributed by atoms with Crippen LogP contribution < -0.4 is 0 Å². The van der Waals surface area contributed by atoms with Gasteiger partial charge in [-0.1, -0.05) is 87.0 Å². The number of rotatable bonds is 12. The SMILES string of the molecule is CCCCCCCCCC1(O)[C@H](O[Si](C)(C)C(C)(C)C)[C@@H](O[Si](C)(C)C(C)(C)C)CN1C(=O)OC(C)(C)C. The average Bonchev–Trinajstić information content (AvgIpc) is 2.96. The standard InChI is InChI=1S/C30H63NO5Si2/c1-15-16-17-18-19-20-21-22-30(33)25(36-38(13,14)29(8,9)10)24(35-37(11,12)28(5,6)7)23-31(30)26(32)34-27(2,3)4/h24-25,33H,15-23H2,1-14H3/t24-,25+,30?/m0/s1. The molecule has 1 aliphatic rings. The van der Waals surface area contributed by atoms with Gasteiger partial charge in [0.15, 0.2) is 22.4 Å². The summed E-state index contributed by atoms with van der Waals surface area (Å²) < 4.78 is 19.8. The minimum atomic E-state index is -2.31. The number of aliphatic hydroxyl groups is 1. The Kier molecular flexibility index (Phi) is 12.2. The first-order valence-electron chi connectivity index (χ1n) is 15.1. The molecule has 0 spiro atoms. The molecule has 6 nitrogen and oxygen atoms in total. The second-order valence-corrected chi connectivity index (χ2v) is 25.1. The molecule has 1 amide bonds. The highest BCUT2D eigenvalue weighted by atomic mass is 28.4. The van der Waals surface area contributed by atoms with E-state index in [9.17, 15) is 9.90 Å². The highest BCUT2D eigenvalue weighted by molar-refractivity contribution is 6.74. The summed E-state index contributed by atoms with van der Waals surface area (Å²) in [7, 11) is -4.52. The first-order valence-corrected chi connectivity index (χ1v) is 20.9. The van der Waals surface area contributed by atoms with Crippen LogP contribution in [0, 0.1) is 0 Å². The summed E-state index contributed by atoms with van der Waals surface area (Å²) in [5.74, 6) is 0. The van der Waals surface area contributed by atoms with E-state index < -0.39 is 46.3 Å². The number of unbranched alkanes of at least 4 members (excludes halogenated alkanes) is 6. The summed E-state index contributed by atoms with van der Waals surface area (Å²) in [5, 5.41) is 12.4. The number of hydrogen-bond acceptors (Lipinski definition) is 5. The number of nitrogens with zero attached hydrogens (tertiary/aromatic N) is 1. The van der Waals surface area contributed by atoms with E-state index in [1.807, 2.05) is 20.8 Å². The lowest BCUT2D eigenvalue weighted by atomic mass is 9.98. The molecule has 1 aliphatic heterocycles. The van der Waals surface area contributed by atoms with E-state index in [2.05, 4.69) is 74.7 Å². The molecule has 0 saturated carbocycles.